The van der Waals surface area contributed by atoms with Crippen molar-refractivity contribution in [2.45, 2.75) is 116 Å². The summed E-state index contributed by atoms with van der Waals surface area (Å²) < 4.78 is 0. The van der Waals surface area contributed by atoms with Crippen LogP contribution in [0.3, 0.4) is 0 Å². The van der Waals surface area contributed by atoms with Crippen LogP contribution in [0.15, 0.2) is 30.3 Å². The van der Waals surface area contributed by atoms with Crippen molar-refractivity contribution < 1.29 is 9.90 Å². The third-order valence-electron chi connectivity index (χ3n) is 5.45. The van der Waals surface area contributed by atoms with E-state index in [4.69, 9.17) is 0 Å². The molecule has 1 unspecified atom stereocenters. The summed E-state index contributed by atoms with van der Waals surface area (Å²) in [5.41, 5.74) is 1.47. The lowest BCUT2D eigenvalue weighted by Gasteiger charge is -2.06. The average Bonchev–Trinajstić information content (AvgIpc) is 2.68. The Morgan fingerprint density at radius 3 is 1.78 bits per heavy atom. The van der Waals surface area contributed by atoms with Gasteiger partial charge in [-0.25, -0.2) is 0 Å². The van der Waals surface area contributed by atoms with Gasteiger partial charge in [0.2, 0.25) is 0 Å². The van der Waals surface area contributed by atoms with Gasteiger partial charge in [-0.2, -0.15) is 0 Å². The molecular weight excluding hydrogens is 332 g/mol. The fourth-order valence-corrected chi connectivity index (χ4v) is 3.57. The molecule has 0 saturated carbocycles. The number of aryl methyl sites for hydroxylation is 1. The van der Waals surface area contributed by atoms with Gasteiger partial charge in [0.05, 0.1) is 6.10 Å². The maximum Gasteiger partial charge on any atom is 0.135 e. The van der Waals surface area contributed by atoms with Crippen LogP contribution in [0, 0.1) is 0 Å². The summed E-state index contributed by atoms with van der Waals surface area (Å²) in [4.78, 5) is 11.6. The fourth-order valence-electron chi connectivity index (χ4n) is 3.57. The molecule has 0 radical (unpaired) electrons. The second kappa shape index (κ2) is 17.0. The van der Waals surface area contributed by atoms with E-state index in [-0.39, 0.29) is 5.78 Å². The lowest BCUT2D eigenvalue weighted by atomic mass is 10.0. The van der Waals surface area contributed by atoms with Crippen molar-refractivity contribution in [2.24, 2.45) is 0 Å². The molecule has 2 heteroatoms. The van der Waals surface area contributed by atoms with Gasteiger partial charge < -0.3 is 5.11 Å². The monoisotopic (exact) mass is 374 g/mol. The number of aliphatic hydroxyl groups is 1. The van der Waals surface area contributed by atoms with Gasteiger partial charge in [-0.15, -0.1) is 0 Å². The Morgan fingerprint density at radius 2 is 1.26 bits per heavy atom. The molecule has 0 aliphatic rings. The summed E-state index contributed by atoms with van der Waals surface area (Å²) >= 11 is 0. The molecule has 2 nitrogen and oxygen atoms in total. The summed E-state index contributed by atoms with van der Waals surface area (Å²) in [5, 5.41) is 9.46. The van der Waals surface area contributed by atoms with Crippen molar-refractivity contribution in [3.8, 4) is 0 Å². The Bertz CT molecular complexity index is 455. The van der Waals surface area contributed by atoms with Gasteiger partial charge in [0.25, 0.3) is 0 Å². The van der Waals surface area contributed by atoms with Crippen LogP contribution in [0.5, 0.6) is 0 Å². The largest absolute Gasteiger partial charge is 0.393 e. The molecule has 0 aliphatic heterocycles. The first-order valence-electron chi connectivity index (χ1n) is 11.5. The number of aliphatic hydroxyl groups excluding tert-OH is 1. The number of rotatable bonds is 18. The number of benzene rings is 1. The molecule has 1 rings (SSSR count). The van der Waals surface area contributed by atoms with E-state index in [1.165, 1.54) is 76.2 Å². The number of Topliss-reactive ketones (excluding diaryl/α,β-unsaturated/α-hetero) is 1. The van der Waals surface area contributed by atoms with Crippen molar-refractivity contribution in [1.82, 2.24) is 0 Å². The molecule has 1 N–H and O–H groups in total. The van der Waals surface area contributed by atoms with E-state index in [1.54, 1.807) is 0 Å². The molecule has 27 heavy (non-hydrogen) atoms. The molecule has 154 valence electrons. The third kappa shape index (κ3) is 14.6. The molecule has 1 aromatic carbocycles. The zero-order valence-corrected chi connectivity index (χ0v) is 17.6. The van der Waals surface area contributed by atoms with Gasteiger partial charge in [0.15, 0.2) is 0 Å². The first-order chi connectivity index (χ1) is 13.2. The topological polar surface area (TPSA) is 37.3 Å². The highest BCUT2D eigenvalue weighted by Crippen LogP contribution is 2.14. The molecule has 0 spiro atoms. The molecule has 0 fully saturated rings. The Balaban J connectivity index is 1.76. The van der Waals surface area contributed by atoms with Crippen LogP contribution < -0.4 is 0 Å². The molecule has 1 atom stereocenters. The minimum atomic E-state index is -0.429. The molecule has 0 bridgehead atoms. The van der Waals surface area contributed by atoms with E-state index in [1.807, 2.05) is 6.92 Å². The fraction of sp³-hybridized carbons (Fsp3) is 0.720. The summed E-state index contributed by atoms with van der Waals surface area (Å²) in [5.74, 6) is 0.230. The predicted molar refractivity (Wildman–Crippen MR) is 116 cm³/mol. The summed E-state index contributed by atoms with van der Waals surface area (Å²) in [6.45, 7) is 1.92. The second-order valence-electron chi connectivity index (χ2n) is 8.03. The van der Waals surface area contributed by atoms with Crippen molar-refractivity contribution in [1.29, 1.82) is 0 Å². The third-order valence-corrected chi connectivity index (χ3v) is 5.45. The van der Waals surface area contributed by atoms with Crippen molar-refractivity contribution in [2.75, 3.05) is 0 Å². The van der Waals surface area contributed by atoms with E-state index >= 15 is 0 Å². The number of hydrogen-bond acceptors (Lipinski definition) is 2. The zero-order valence-electron chi connectivity index (χ0n) is 17.6. The first-order valence-corrected chi connectivity index (χ1v) is 11.5. The molecule has 0 heterocycles. The Labute approximate surface area is 167 Å². The minimum absolute atomic E-state index is 0.230. The summed E-state index contributed by atoms with van der Waals surface area (Å²) in [6, 6.07) is 10.8. The van der Waals surface area contributed by atoms with Crippen LogP contribution in [-0.4, -0.2) is 17.0 Å². The second-order valence-corrected chi connectivity index (χ2v) is 8.03. The zero-order chi connectivity index (χ0) is 19.6. The Morgan fingerprint density at radius 1 is 0.778 bits per heavy atom. The van der Waals surface area contributed by atoms with Gasteiger partial charge in [-0.1, -0.05) is 101 Å². The maximum absolute atomic E-state index is 11.6. The standard InChI is InChI=1S/C25H42O2/c1-2-24(26)22-25(27)21-17-12-10-8-6-4-3-5-7-9-11-14-18-23-19-15-13-16-20-23/h13,15-16,19-20,24,26H,2-12,14,17-18,21-22H2,1H3. The number of ketones is 1. The molecule has 0 saturated heterocycles. The quantitative estimate of drug-likeness (QED) is 0.280. The SMILES string of the molecule is CCC(O)CC(=O)CCCCCCCCCCCCCCc1ccccc1. The molecule has 1 aromatic rings. The van der Waals surface area contributed by atoms with Crippen LogP contribution >= 0.6 is 0 Å². The summed E-state index contributed by atoms with van der Waals surface area (Å²) in [7, 11) is 0. The number of carbonyl (C=O) groups excluding carboxylic acids is 1. The van der Waals surface area contributed by atoms with Gasteiger partial charge in [0.1, 0.15) is 5.78 Å². The van der Waals surface area contributed by atoms with E-state index in [2.05, 4.69) is 30.3 Å². The highest BCUT2D eigenvalue weighted by Gasteiger charge is 2.08. The summed E-state index contributed by atoms with van der Waals surface area (Å²) in [6.07, 6.45) is 18.1. The van der Waals surface area contributed by atoms with Gasteiger partial charge in [0, 0.05) is 12.8 Å². The highest BCUT2D eigenvalue weighted by atomic mass is 16.3. The van der Waals surface area contributed by atoms with E-state index in [0.717, 1.165) is 12.8 Å². The van der Waals surface area contributed by atoms with Gasteiger partial charge in [-0.05, 0) is 31.2 Å². The van der Waals surface area contributed by atoms with Crippen molar-refractivity contribution in [3.63, 3.8) is 0 Å². The average molecular weight is 375 g/mol. The van der Waals surface area contributed by atoms with E-state index < -0.39 is 6.10 Å². The van der Waals surface area contributed by atoms with E-state index in [9.17, 15) is 9.90 Å². The number of hydrogen-bond donors (Lipinski definition) is 1. The highest BCUT2D eigenvalue weighted by molar-refractivity contribution is 5.78. The minimum Gasteiger partial charge on any atom is -0.393 e. The van der Waals surface area contributed by atoms with Crippen LogP contribution in [0.25, 0.3) is 0 Å². The number of unbranched alkanes of at least 4 members (excludes halogenated alkanes) is 11. The Hall–Kier alpha value is -1.15. The van der Waals surface area contributed by atoms with Crippen LogP contribution in [0.1, 0.15) is 109 Å². The molecule has 0 aliphatic carbocycles. The van der Waals surface area contributed by atoms with Gasteiger partial charge in [-0.3, -0.25) is 4.79 Å². The first kappa shape index (κ1) is 23.9. The van der Waals surface area contributed by atoms with E-state index in [0.29, 0.717) is 19.3 Å². The lowest BCUT2D eigenvalue weighted by Crippen LogP contribution is -2.11. The van der Waals surface area contributed by atoms with Crippen molar-refractivity contribution >= 4 is 5.78 Å². The van der Waals surface area contributed by atoms with Crippen molar-refractivity contribution in [3.05, 3.63) is 35.9 Å². The predicted octanol–water partition coefficient (Wildman–Crippen LogP) is 7.03. The Kier molecular flexibility index (Phi) is 15.0. The maximum atomic E-state index is 11.6. The van der Waals surface area contributed by atoms with Gasteiger partial charge >= 0.3 is 0 Å². The normalized spacial score (nSPS) is 12.2. The van der Waals surface area contributed by atoms with Crippen LogP contribution in [0.4, 0.5) is 0 Å². The molecular formula is C25H42O2. The smallest absolute Gasteiger partial charge is 0.135 e. The molecule has 0 amide bonds. The number of carbonyl (C=O) groups is 1. The van der Waals surface area contributed by atoms with Crippen LogP contribution in [-0.2, 0) is 11.2 Å². The van der Waals surface area contributed by atoms with Crippen LogP contribution in [0.2, 0.25) is 0 Å². The lowest BCUT2D eigenvalue weighted by molar-refractivity contribution is -0.121. The molecule has 0 aromatic heterocycles.